The van der Waals surface area contributed by atoms with Crippen molar-refractivity contribution in [3.8, 4) is 17.2 Å². The summed E-state index contributed by atoms with van der Waals surface area (Å²) >= 11 is 0. The molecule has 1 N–H and O–H groups in total. The number of pyridine rings is 1. The van der Waals surface area contributed by atoms with Crippen LogP contribution in [0.2, 0.25) is 0 Å². The van der Waals surface area contributed by atoms with Crippen molar-refractivity contribution in [2.45, 2.75) is 6.54 Å². The molecule has 0 atom stereocenters. The van der Waals surface area contributed by atoms with E-state index in [1.807, 2.05) is 12.1 Å². The van der Waals surface area contributed by atoms with Crippen LogP contribution >= 0.6 is 0 Å². The molecule has 126 valence electrons. The zero-order valence-corrected chi connectivity index (χ0v) is 13.9. The van der Waals surface area contributed by atoms with Crippen molar-refractivity contribution in [3.05, 3.63) is 53.9 Å². The van der Waals surface area contributed by atoms with Crippen LogP contribution in [0.4, 0.5) is 0 Å². The zero-order chi connectivity index (χ0) is 17.4. The van der Waals surface area contributed by atoms with Crippen molar-refractivity contribution in [1.29, 1.82) is 0 Å². The fourth-order valence-electron chi connectivity index (χ4n) is 2.17. The number of nitrogens with zero attached hydrogens (tertiary/aromatic N) is 1. The Labute approximate surface area is 141 Å². The van der Waals surface area contributed by atoms with Gasteiger partial charge in [-0.1, -0.05) is 6.07 Å². The predicted molar refractivity (Wildman–Crippen MR) is 91.2 cm³/mol. The van der Waals surface area contributed by atoms with Crippen LogP contribution < -0.4 is 19.5 Å². The molecule has 1 amide bonds. The molecule has 24 heavy (non-hydrogen) atoms. The van der Waals surface area contributed by atoms with Gasteiger partial charge in [-0.2, -0.15) is 0 Å². The van der Waals surface area contributed by atoms with Gasteiger partial charge in [-0.15, -0.1) is 0 Å². The highest BCUT2D eigenvalue weighted by Gasteiger charge is 2.14. The van der Waals surface area contributed by atoms with E-state index in [1.54, 1.807) is 37.7 Å². The van der Waals surface area contributed by atoms with Crippen molar-refractivity contribution in [1.82, 2.24) is 10.3 Å². The van der Waals surface area contributed by atoms with Crippen molar-refractivity contribution in [3.63, 3.8) is 0 Å². The highest BCUT2D eigenvalue weighted by Crippen LogP contribution is 2.40. The Bertz CT molecular complexity index is 714. The maximum Gasteiger partial charge on any atom is 0.244 e. The Hall–Kier alpha value is -3.02. The van der Waals surface area contributed by atoms with Gasteiger partial charge >= 0.3 is 0 Å². The molecule has 1 aromatic carbocycles. The first kappa shape index (κ1) is 17.3. The SMILES string of the molecule is COc1ccc(C=CC(=O)NCc2cccnc2)c(OC)c1OC. The minimum Gasteiger partial charge on any atom is -0.493 e. The van der Waals surface area contributed by atoms with Gasteiger partial charge in [0.15, 0.2) is 11.5 Å². The number of aromatic nitrogens is 1. The van der Waals surface area contributed by atoms with E-state index in [-0.39, 0.29) is 5.91 Å². The second-order valence-electron chi connectivity index (χ2n) is 4.84. The van der Waals surface area contributed by atoms with Crippen LogP contribution in [0.15, 0.2) is 42.7 Å². The molecule has 6 heteroatoms. The number of benzene rings is 1. The molecule has 2 aromatic rings. The summed E-state index contributed by atoms with van der Waals surface area (Å²) in [6.45, 7) is 0.417. The summed E-state index contributed by atoms with van der Waals surface area (Å²) in [7, 11) is 4.63. The Kier molecular flexibility index (Phi) is 6.19. The predicted octanol–water partition coefficient (Wildman–Crippen LogP) is 2.44. The summed E-state index contributed by atoms with van der Waals surface area (Å²) in [5.41, 5.74) is 1.65. The van der Waals surface area contributed by atoms with E-state index in [0.29, 0.717) is 29.4 Å². The number of ether oxygens (including phenoxy) is 3. The normalized spacial score (nSPS) is 10.5. The third kappa shape index (κ3) is 4.25. The monoisotopic (exact) mass is 328 g/mol. The van der Waals surface area contributed by atoms with Gasteiger partial charge in [-0.05, 0) is 29.8 Å². The van der Waals surface area contributed by atoms with Gasteiger partial charge in [-0.3, -0.25) is 9.78 Å². The quantitative estimate of drug-likeness (QED) is 0.791. The molecule has 0 fully saturated rings. The molecule has 0 saturated heterocycles. The lowest BCUT2D eigenvalue weighted by Crippen LogP contribution is -2.20. The fraction of sp³-hybridized carbons (Fsp3) is 0.222. The van der Waals surface area contributed by atoms with Crippen LogP contribution in [-0.2, 0) is 11.3 Å². The second-order valence-corrected chi connectivity index (χ2v) is 4.84. The smallest absolute Gasteiger partial charge is 0.244 e. The number of rotatable bonds is 7. The Balaban J connectivity index is 2.09. The number of carbonyl (C=O) groups is 1. The zero-order valence-electron chi connectivity index (χ0n) is 13.9. The lowest BCUT2D eigenvalue weighted by molar-refractivity contribution is -0.116. The van der Waals surface area contributed by atoms with Gasteiger partial charge in [0.25, 0.3) is 0 Å². The van der Waals surface area contributed by atoms with Gasteiger partial charge in [0, 0.05) is 30.6 Å². The molecule has 0 aliphatic heterocycles. The molecule has 0 aliphatic rings. The first-order chi connectivity index (χ1) is 11.7. The molecule has 2 rings (SSSR count). The Morgan fingerprint density at radius 1 is 1.12 bits per heavy atom. The molecule has 1 aromatic heterocycles. The molecule has 0 unspecified atom stereocenters. The number of methoxy groups -OCH3 is 3. The summed E-state index contributed by atoms with van der Waals surface area (Å²) < 4.78 is 15.9. The van der Waals surface area contributed by atoms with Crippen molar-refractivity contribution in [2.75, 3.05) is 21.3 Å². The van der Waals surface area contributed by atoms with Crippen molar-refractivity contribution in [2.24, 2.45) is 0 Å². The molecular formula is C18H20N2O4. The maximum atomic E-state index is 12.0. The standard InChI is InChI=1S/C18H20N2O4/c1-22-15-8-6-14(17(23-2)18(15)24-3)7-9-16(21)20-12-13-5-4-10-19-11-13/h4-11H,12H2,1-3H3,(H,20,21). The average Bonchev–Trinajstić information content (AvgIpc) is 2.64. The lowest BCUT2D eigenvalue weighted by atomic mass is 10.1. The summed E-state index contributed by atoms with van der Waals surface area (Å²) in [6, 6.07) is 7.28. The number of carbonyl (C=O) groups excluding carboxylic acids is 1. The molecule has 0 bridgehead atoms. The molecule has 0 radical (unpaired) electrons. The van der Waals surface area contributed by atoms with Crippen LogP contribution in [0, 0.1) is 0 Å². The van der Waals surface area contributed by atoms with E-state index in [4.69, 9.17) is 14.2 Å². The van der Waals surface area contributed by atoms with E-state index in [2.05, 4.69) is 10.3 Å². The minimum absolute atomic E-state index is 0.212. The van der Waals surface area contributed by atoms with Gasteiger partial charge in [-0.25, -0.2) is 0 Å². The number of amides is 1. The van der Waals surface area contributed by atoms with E-state index in [1.165, 1.54) is 20.3 Å². The molecule has 0 aliphatic carbocycles. The maximum absolute atomic E-state index is 12.0. The molecule has 1 heterocycles. The summed E-state index contributed by atoms with van der Waals surface area (Å²) in [6.07, 6.45) is 6.51. The third-order valence-corrected chi connectivity index (χ3v) is 3.34. The van der Waals surface area contributed by atoms with Crippen LogP contribution in [0.5, 0.6) is 17.2 Å². The third-order valence-electron chi connectivity index (χ3n) is 3.34. The van der Waals surface area contributed by atoms with Crippen LogP contribution in [0.3, 0.4) is 0 Å². The fourth-order valence-corrected chi connectivity index (χ4v) is 2.17. The minimum atomic E-state index is -0.212. The van der Waals surface area contributed by atoms with E-state index < -0.39 is 0 Å². The van der Waals surface area contributed by atoms with Gasteiger partial charge < -0.3 is 19.5 Å². The molecule has 0 spiro atoms. The van der Waals surface area contributed by atoms with Gasteiger partial charge in [0.2, 0.25) is 11.7 Å². The van der Waals surface area contributed by atoms with Gasteiger partial charge in [0.05, 0.1) is 21.3 Å². The van der Waals surface area contributed by atoms with Crippen LogP contribution in [-0.4, -0.2) is 32.2 Å². The number of hydrogen-bond acceptors (Lipinski definition) is 5. The first-order valence-electron chi connectivity index (χ1n) is 7.33. The van der Waals surface area contributed by atoms with Crippen molar-refractivity contribution < 1.29 is 19.0 Å². The average molecular weight is 328 g/mol. The molecule has 6 nitrogen and oxygen atoms in total. The highest BCUT2D eigenvalue weighted by atomic mass is 16.5. The topological polar surface area (TPSA) is 69.7 Å². The molecular weight excluding hydrogens is 308 g/mol. The van der Waals surface area contributed by atoms with E-state index in [9.17, 15) is 4.79 Å². The second kappa shape index (κ2) is 8.57. The Morgan fingerprint density at radius 3 is 2.54 bits per heavy atom. The Morgan fingerprint density at radius 2 is 1.92 bits per heavy atom. The summed E-state index contributed by atoms with van der Waals surface area (Å²) in [4.78, 5) is 16.0. The summed E-state index contributed by atoms with van der Waals surface area (Å²) in [5, 5.41) is 2.80. The largest absolute Gasteiger partial charge is 0.493 e. The van der Waals surface area contributed by atoms with Crippen molar-refractivity contribution >= 4 is 12.0 Å². The van der Waals surface area contributed by atoms with Gasteiger partial charge in [0.1, 0.15) is 0 Å². The lowest BCUT2D eigenvalue weighted by Gasteiger charge is -2.13. The van der Waals surface area contributed by atoms with E-state index in [0.717, 1.165) is 5.56 Å². The van der Waals surface area contributed by atoms with Crippen LogP contribution in [0.1, 0.15) is 11.1 Å². The number of nitrogens with one attached hydrogen (secondary N) is 1. The number of hydrogen-bond donors (Lipinski definition) is 1. The highest BCUT2D eigenvalue weighted by molar-refractivity contribution is 5.92. The summed E-state index contributed by atoms with van der Waals surface area (Å²) in [5.74, 6) is 1.34. The van der Waals surface area contributed by atoms with E-state index >= 15 is 0 Å². The molecule has 0 saturated carbocycles. The van der Waals surface area contributed by atoms with Crippen LogP contribution in [0.25, 0.3) is 6.08 Å². The first-order valence-corrected chi connectivity index (χ1v) is 7.33.